The molecule has 0 bridgehead atoms. The standard InChI is InChI=1S/C19H29NO3/c1-19(2)8-6-7-13-11-14(15(18(22)23)12-16(13)19)17(21)20-9-4-3-5-10-20/h14-15H,3-12H2,1-2H3,(H,22,23)/t14-,15+/m0/s1. The number of carboxylic acids is 1. The summed E-state index contributed by atoms with van der Waals surface area (Å²) in [6, 6.07) is 0. The van der Waals surface area contributed by atoms with Crippen LogP contribution in [0.3, 0.4) is 0 Å². The lowest BCUT2D eigenvalue weighted by atomic mass is 9.63. The van der Waals surface area contributed by atoms with Gasteiger partial charge in [0.2, 0.25) is 5.91 Å². The van der Waals surface area contributed by atoms with Crippen molar-refractivity contribution in [3.8, 4) is 0 Å². The van der Waals surface area contributed by atoms with E-state index in [0.29, 0.717) is 12.8 Å². The molecule has 0 aromatic heterocycles. The van der Waals surface area contributed by atoms with E-state index in [2.05, 4.69) is 13.8 Å². The first-order valence-corrected chi connectivity index (χ1v) is 9.13. The van der Waals surface area contributed by atoms with Gasteiger partial charge in [0.25, 0.3) is 0 Å². The highest BCUT2D eigenvalue weighted by Gasteiger charge is 2.44. The van der Waals surface area contributed by atoms with E-state index in [9.17, 15) is 14.7 Å². The van der Waals surface area contributed by atoms with Crippen molar-refractivity contribution in [1.29, 1.82) is 0 Å². The summed E-state index contributed by atoms with van der Waals surface area (Å²) in [4.78, 5) is 26.7. The minimum Gasteiger partial charge on any atom is -0.481 e. The van der Waals surface area contributed by atoms with Crippen molar-refractivity contribution in [3.05, 3.63) is 11.1 Å². The van der Waals surface area contributed by atoms with Gasteiger partial charge in [-0.3, -0.25) is 9.59 Å². The van der Waals surface area contributed by atoms with Crippen LogP contribution >= 0.6 is 0 Å². The lowest BCUT2D eigenvalue weighted by molar-refractivity contribution is -0.151. The molecule has 0 aromatic carbocycles. The number of piperidine rings is 1. The third-order valence-corrected chi connectivity index (χ3v) is 6.20. The Balaban J connectivity index is 1.86. The molecule has 4 heteroatoms. The van der Waals surface area contributed by atoms with Crippen LogP contribution in [0.5, 0.6) is 0 Å². The summed E-state index contributed by atoms with van der Waals surface area (Å²) in [6.07, 6.45) is 7.87. The largest absolute Gasteiger partial charge is 0.481 e. The van der Waals surface area contributed by atoms with Gasteiger partial charge in [0.05, 0.1) is 11.8 Å². The Bertz CT molecular complexity index is 529. The average Bonchev–Trinajstić information content (AvgIpc) is 2.53. The van der Waals surface area contributed by atoms with Gasteiger partial charge in [-0.2, -0.15) is 0 Å². The maximum absolute atomic E-state index is 12.9. The normalized spacial score (nSPS) is 30.8. The van der Waals surface area contributed by atoms with Crippen molar-refractivity contribution in [2.75, 3.05) is 13.1 Å². The van der Waals surface area contributed by atoms with Crippen LogP contribution in [-0.2, 0) is 9.59 Å². The molecule has 3 rings (SSSR count). The second kappa shape index (κ2) is 6.29. The summed E-state index contributed by atoms with van der Waals surface area (Å²) in [5.74, 6) is -1.60. The zero-order valence-corrected chi connectivity index (χ0v) is 14.4. The van der Waals surface area contributed by atoms with Gasteiger partial charge in [-0.1, -0.05) is 25.0 Å². The molecule has 3 aliphatic rings. The number of carboxylic acid groups (broad SMARTS) is 1. The fourth-order valence-electron chi connectivity index (χ4n) is 4.81. The number of carbonyl (C=O) groups is 2. The third kappa shape index (κ3) is 3.17. The fraction of sp³-hybridized carbons (Fsp3) is 0.789. The minimum atomic E-state index is -0.798. The van der Waals surface area contributed by atoms with E-state index in [1.165, 1.54) is 17.6 Å². The van der Waals surface area contributed by atoms with E-state index in [4.69, 9.17) is 0 Å². The molecule has 1 aliphatic heterocycles. The predicted octanol–water partition coefficient (Wildman–Crippen LogP) is 3.62. The molecule has 128 valence electrons. The Kier molecular flexibility index (Phi) is 4.52. The minimum absolute atomic E-state index is 0.0898. The van der Waals surface area contributed by atoms with Gasteiger partial charge in [-0.15, -0.1) is 0 Å². The van der Waals surface area contributed by atoms with Crippen LogP contribution in [-0.4, -0.2) is 35.0 Å². The molecule has 1 N–H and O–H groups in total. The number of rotatable bonds is 2. The van der Waals surface area contributed by atoms with Crippen LogP contribution in [0.2, 0.25) is 0 Å². The van der Waals surface area contributed by atoms with Crippen molar-refractivity contribution < 1.29 is 14.7 Å². The molecule has 2 aliphatic carbocycles. The molecule has 1 amide bonds. The summed E-state index contributed by atoms with van der Waals surface area (Å²) < 4.78 is 0. The number of likely N-dealkylation sites (tertiary alicyclic amines) is 1. The molecule has 1 fully saturated rings. The van der Waals surface area contributed by atoms with Crippen molar-refractivity contribution >= 4 is 11.9 Å². The topological polar surface area (TPSA) is 57.6 Å². The van der Waals surface area contributed by atoms with Gasteiger partial charge in [-0.05, 0) is 56.8 Å². The number of amides is 1. The highest BCUT2D eigenvalue weighted by molar-refractivity contribution is 5.86. The number of aliphatic carboxylic acids is 1. The maximum atomic E-state index is 12.9. The van der Waals surface area contributed by atoms with E-state index in [0.717, 1.165) is 45.2 Å². The van der Waals surface area contributed by atoms with Gasteiger partial charge < -0.3 is 10.0 Å². The van der Waals surface area contributed by atoms with Crippen LogP contribution < -0.4 is 0 Å². The molecule has 4 nitrogen and oxygen atoms in total. The van der Waals surface area contributed by atoms with Crippen molar-refractivity contribution in [3.63, 3.8) is 0 Å². The third-order valence-electron chi connectivity index (χ3n) is 6.20. The first kappa shape index (κ1) is 16.5. The molecule has 23 heavy (non-hydrogen) atoms. The molecule has 1 heterocycles. The van der Waals surface area contributed by atoms with Gasteiger partial charge in [0.1, 0.15) is 0 Å². The zero-order valence-electron chi connectivity index (χ0n) is 14.4. The second-order valence-corrected chi connectivity index (χ2v) is 8.16. The molecule has 0 radical (unpaired) electrons. The van der Waals surface area contributed by atoms with Gasteiger partial charge in [-0.25, -0.2) is 0 Å². The summed E-state index contributed by atoms with van der Waals surface area (Å²) in [5, 5.41) is 9.72. The second-order valence-electron chi connectivity index (χ2n) is 8.16. The molecule has 0 saturated carbocycles. The van der Waals surface area contributed by atoms with Gasteiger partial charge >= 0.3 is 5.97 Å². The molecule has 2 atom stereocenters. The lowest BCUT2D eigenvalue weighted by Crippen LogP contribution is -2.46. The number of allylic oxidation sites excluding steroid dienone is 2. The Morgan fingerprint density at radius 3 is 2.39 bits per heavy atom. The summed E-state index contributed by atoms with van der Waals surface area (Å²) in [6.45, 7) is 6.07. The Morgan fingerprint density at radius 2 is 1.74 bits per heavy atom. The molecular formula is C19H29NO3. The number of hydrogen-bond acceptors (Lipinski definition) is 2. The van der Waals surface area contributed by atoms with Crippen LogP contribution in [0.1, 0.15) is 65.2 Å². The molecule has 0 spiro atoms. The highest BCUT2D eigenvalue weighted by Crippen LogP contribution is 2.49. The Hall–Kier alpha value is -1.32. The smallest absolute Gasteiger partial charge is 0.307 e. The summed E-state index contributed by atoms with van der Waals surface area (Å²) in [5.41, 5.74) is 2.81. The zero-order chi connectivity index (χ0) is 16.6. The first-order valence-electron chi connectivity index (χ1n) is 9.13. The van der Waals surface area contributed by atoms with Crippen molar-refractivity contribution in [2.45, 2.75) is 65.2 Å². The van der Waals surface area contributed by atoms with E-state index < -0.39 is 11.9 Å². The van der Waals surface area contributed by atoms with E-state index in [1.54, 1.807) is 0 Å². The average molecular weight is 319 g/mol. The first-order chi connectivity index (χ1) is 10.9. The fourth-order valence-corrected chi connectivity index (χ4v) is 4.81. The van der Waals surface area contributed by atoms with Crippen LogP contribution in [0.15, 0.2) is 11.1 Å². The SMILES string of the molecule is CC1(C)CCCC2=C1C[C@@H](C(=O)O)[C@@H](C(=O)N1CCCCC1)C2. The van der Waals surface area contributed by atoms with Crippen LogP contribution in [0, 0.1) is 17.3 Å². The summed E-state index contributed by atoms with van der Waals surface area (Å²) >= 11 is 0. The van der Waals surface area contributed by atoms with Gasteiger partial charge in [0.15, 0.2) is 0 Å². The molecular weight excluding hydrogens is 290 g/mol. The quantitative estimate of drug-likeness (QED) is 0.791. The summed E-state index contributed by atoms with van der Waals surface area (Å²) in [7, 11) is 0. The highest BCUT2D eigenvalue weighted by atomic mass is 16.4. The monoisotopic (exact) mass is 319 g/mol. The van der Waals surface area contributed by atoms with E-state index in [-0.39, 0.29) is 17.2 Å². The van der Waals surface area contributed by atoms with Crippen molar-refractivity contribution in [2.24, 2.45) is 17.3 Å². The predicted molar refractivity (Wildman–Crippen MR) is 88.9 cm³/mol. The lowest BCUT2D eigenvalue weighted by Gasteiger charge is -2.43. The molecule has 0 aromatic rings. The van der Waals surface area contributed by atoms with Gasteiger partial charge in [0, 0.05) is 13.1 Å². The number of carbonyl (C=O) groups excluding carboxylic acids is 1. The maximum Gasteiger partial charge on any atom is 0.307 e. The number of hydrogen-bond donors (Lipinski definition) is 1. The molecule has 1 saturated heterocycles. The van der Waals surface area contributed by atoms with Crippen molar-refractivity contribution in [1.82, 2.24) is 4.90 Å². The Morgan fingerprint density at radius 1 is 1.04 bits per heavy atom. The Labute approximate surface area is 138 Å². The number of nitrogens with zero attached hydrogens (tertiary/aromatic N) is 1. The van der Waals surface area contributed by atoms with E-state index in [1.807, 2.05) is 4.90 Å². The van der Waals surface area contributed by atoms with Crippen LogP contribution in [0.25, 0.3) is 0 Å². The van der Waals surface area contributed by atoms with E-state index >= 15 is 0 Å². The van der Waals surface area contributed by atoms with Crippen LogP contribution in [0.4, 0.5) is 0 Å². The molecule has 0 unspecified atom stereocenters.